The maximum atomic E-state index is 6.33. The number of hydrogen-bond acceptors (Lipinski definition) is 1. The van der Waals surface area contributed by atoms with Crippen LogP contribution in [0.4, 0.5) is 0 Å². The van der Waals surface area contributed by atoms with E-state index in [1.807, 2.05) is 25.1 Å². The fraction of sp³-hybridized carbons (Fsp3) is 0.588. The Labute approximate surface area is 137 Å². The summed E-state index contributed by atoms with van der Waals surface area (Å²) in [5.74, 6) is 0.942. The minimum Gasteiger partial charge on any atom is -0.324 e. The van der Waals surface area contributed by atoms with E-state index < -0.39 is 0 Å². The zero-order valence-corrected chi connectivity index (χ0v) is 14.6. The van der Waals surface area contributed by atoms with Gasteiger partial charge in [0.2, 0.25) is 0 Å². The maximum Gasteiger partial charge on any atom is 0.127 e. The predicted molar refractivity (Wildman–Crippen MR) is 92.5 cm³/mol. The molecular formula is C17H24Cl2N2. The van der Waals surface area contributed by atoms with E-state index in [-0.39, 0.29) is 5.38 Å². The van der Waals surface area contributed by atoms with Gasteiger partial charge in [0.15, 0.2) is 0 Å². The number of benzene rings is 1. The Morgan fingerprint density at radius 1 is 1.19 bits per heavy atom. The molecule has 0 fully saturated rings. The molecule has 0 saturated heterocycles. The smallest absolute Gasteiger partial charge is 0.127 e. The molecule has 21 heavy (non-hydrogen) atoms. The van der Waals surface area contributed by atoms with Gasteiger partial charge in [-0.1, -0.05) is 44.2 Å². The van der Waals surface area contributed by atoms with Gasteiger partial charge in [-0.05, 0) is 38.5 Å². The summed E-state index contributed by atoms with van der Waals surface area (Å²) in [4.78, 5) is 4.69. The summed E-state index contributed by atoms with van der Waals surface area (Å²) in [5.41, 5.74) is 2.07. The van der Waals surface area contributed by atoms with Crippen molar-refractivity contribution in [2.45, 2.75) is 64.3 Å². The van der Waals surface area contributed by atoms with Crippen molar-refractivity contribution in [2.75, 3.05) is 0 Å². The van der Waals surface area contributed by atoms with E-state index in [0.29, 0.717) is 6.04 Å². The van der Waals surface area contributed by atoms with Crippen molar-refractivity contribution >= 4 is 34.2 Å². The van der Waals surface area contributed by atoms with Crippen LogP contribution in [-0.4, -0.2) is 9.55 Å². The lowest BCUT2D eigenvalue weighted by Crippen LogP contribution is -2.10. The van der Waals surface area contributed by atoms with Crippen molar-refractivity contribution in [1.82, 2.24) is 9.55 Å². The van der Waals surface area contributed by atoms with E-state index in [2.05, 4.69) is 18.4 Å². The van der Waals surface area contributed by atoms with Gasteiger partial charge in [-0.25, -0.2) is 4.98 Å². The summed E-state index contributed by atoms with van der Waals surface area (Å²) in [5, 5.41) is 0.643. The van der Waals surface area contributed by atoms with E-state index >= 15 is 0 Å². The van der Waals surface area contributed by atoms with Crippen molar-refractivity contribution < 1.29 is 0 Å². The van der Waals surface area contributed by atoms with Crippen molar-refractivity contribution in [3.63, 3.8) is 0 Å². The number of alkyl halides is 1. The summed E-state index contributed by atoms with van der Waals surface area (Å²) in [6, 6.07) is 6.24. The lowest BCUT2D eigenvalue weighted by Gasteiger charge is -2.18. The van der Waals surface area contributed by atoms with Crippen LogP contribution in [0.15, 0.2) is 18.2 Å². The Balaban J connectivity index is 2.30. The number of nitrogens with zero attached hydrogens (tertiary/aromatic N) is 2. The van der Waals surface area contributed by atoms with Crippen LogP contribution < -0.4 is 0 Å². The Morgan fingerprint density at radius 3 is 2.62 bits per heavy atom. The van der Waals surface area contributed by atoms with Crippen LogP contribution in [0.1, 0.15) is 70.1 Å². The van der Waals surface area contributed by atoms with E-state index in [9.17, 15) is 0 Å². The molecule has 0 aliphatic rings. The number of imidazole rings is 1. The fourth-order valence-electron chi connectivity index (χ4n) is 2.82. The molecule has 0 aliphatic carbocycles. The monoisotopic (exact) mass is 326 g/mol. The largest absolute Gasteiger partial charge is 0.324 e. The highest BCUT2D eigenvalue weighted by molar-refractivity contribution is 6.31. The molecule has 2 unspecified atom stereocenters. The first-order valence-electron chi connectivity index (χ1n) is 7.86. The van der Waals surface area contributed by atoms with Gasteiger partial charge in [0.1, 0.15) is 5.82 Å². The lowest BCUT2D eigenvalue weighted by molar-refractivity contribution is 0.468. The average Bonchev–Trinajstić information content (AvgIpc) is 2.82. The van der Waals surface area contributed by atoms with Crippen LogP contribution in [0.5, 0.6) is 0 Å². The highest BCUT2D eigenvalue weighted by Crippen LogP contribution is 2.31. The quantitative estimate of drug-likeness (QED) is 0.418. The van der Waals surface area contributed by atoms with E-state index in [4.69, 9.17) is 28.2 Å². The first kappa shape index (κ1) is 16.6. The molecule has 0 radical (unpaired) electrons. The molecule has 0 N–H and O–H groups in total. The van der Waals surface area contributed by atoms with Gasteiger partial charge in [-0.15, -0.1) is 11.6 Å². The second-order valence-corrected chi connectivity index (χ2v) is 6.88. The first-order chi connectivity index (χ1) is 10.0. The Morgan fingerprint density at radius 2 is 1.95 bits per heavy atom. The third-order valence-corrected chi connectivity index (χ3v) is 4.38. The number of unbranched alkanes of at least 4 members (excludes halogenated alkanes) is 3. The van der Waals surface area contributed by atoms with Crippen LogP contribution in [0.2, 0.25) is 5.02 Å². The zero-order valence-electron chi connectivity index (χ0n) is 13.1. The molecule has 1 heterocycles. The molecule has 0 bridgehead atoms. The maximum absolute atomic E-state index is 6.33. The second-order valence-electron chi connectivity index (χ2n) is 5.79. The van der Waals surface area contributed by atoms with Gasteiger partial charge in [0.05, 0.1) is 16.4 Å². The predicted octanol–water partition coefficient (Wildman–Crippen LogP) is 6.52. The zero-order chi connectivity index (χ0) is 15.4. The Bertz CT molecular complexity index is 590. The van der Waals surface area contributed by atoms with Crippen LogP contribution >= 0.6 is 23.2 Å². The minimum absolute atomic E-state index is 0.103. The lowest BCUT2D eigenvalue weighted by atomic mass is 10.1. The highest BCUT2D eigenvalue weighted by atomic mass is 35.5. The molecule has 0 amide bonds. The van der Waals surface area contributed by atoms with Gasteiger partial charge < -0.3 is 4.57 Å². The standard InChI is InChI=1S/C17H24Cl2N2/c1-4-5-6-7-8-12(2)21-16-11-14(19)9-10-15(16)20-17(21)13(3)18/h9-13H,4-8H2,1-3H3. The first-order valence-corrected chi connectivity index (χ1v) is 8.67. The molecule has 0 aliphatic heterocycles. The number of halogens is 2. The summed E-state index contributed by atoms with van der Waals surface area (Å²) < 4.78 is 2.27. The third kappa shape index (κ3) is 3.92. The molecule has 0 saturated carbocycles. The van der Waals surface area contributed by atoms with Gasteiger partial charge in [0.25, 0.3) is 0 Å². The normalized spacial score (nSPS) is 14.5. The van der Waals surface area contributed by atoms with Gasteiger partial charge in [-0.2, -0.15) is 0 Å². The average molecular weight is 327 g/mol. The summed E-state index contributed by atoms with van der Waals surface area (Å²) in [7, 11) is 0. The van der Waals surface area contributed by atoms with Crippen LogP contribution in [-0.2, 0) is 0 Å². The molecule has 2 nitrogen and oxygen atoms in total. The summed E-state index contributed by atoms with van der Waals surface area (Å²) in [6.45, 7) is 6.46. The van der Waals surface area contributed by atoms with Gasteiger partial charge in [-0.3, -0.25) is 0 Å². The minimum atomic E-state index is -0.103. The molecule has 2 rings (SSSR count). The topological polar surface area (TPSA) is 17.8 Å². The highest BCUT2D eigenvalue weighted by Gasteiger charge is 2.19. The number of rotatable bonds is 7. The molecule has 2 aromatic rings. The summed E-state index contributed by atoms with van der Waals surface area (Å²) >= 11 is 12.5. The van der Waals surface area contributed by atoms with E-state index in [1.54, 1.807) is 0 Å². The van der Waals surface area contributed by atoms with Crippen molar-refractivity contribution in [3.8, 4) is 0 Å². The van der Waals surface area contributed by atoms with E-state index in [0.717, 1.165) is 28.3 Å². The molecule has 2 atom stereocenters. The Hall–Kier alpha value is -0.730. The molecule has 0 spiro atoms. The molecule has 4 heteroatoms. The molecular weight excluding hydrogens is 303 g/mol. The van der Waals surface area contributed by atoms with Crippen LogP contribution in [0.25, 0.3) is 11.0 Å². The SMILES string of the molecule is CCCCCCC(C)n1c(C(C)Cl)nc2ccc(Cl)cc21. The number of hydrogen-bond donors (Lipinski definition) is 0. The number of fused-ring (bicyclic) bond motifs is 1. The van der Waals surface area contributed by atoms with Crippen LogP contribution in [0.3, 0.4) is 0 Å². The fourth-order valence-corrected chi connectivity index (χ4v) is 3.14. The number of aromatic nitrogens is 2. The third-order valence-electron chi connectivity index (χ3n) is 3.95. The van der Waals surface area contributed by atoms with Crippen molar-refractivity contribution in [1.29, 1.82) is 0 Å². The van der Waals surface area contributed by atoms with E-state index in [1.165, 1.54) is 25.7 Å². The Kier molecular flexibility index (Phi) is 5.95. The summed E-state index contributed by atoms with van der Waals surface area (Å²) in [6.07, 6.45) is 6.25. The van der Waals surface area contributed by atoms with Crippen LogP contribution in [0, 0.1) is 0 Å². The van der Waals surface area contributed by atoms with Gasteiger partial charge in [0, 0.05) is 11.1 Å². The van der Waals surface area contributed by atoms with Gasteiger partial charge >= 0.3 is 0 Å². The molecule has 1 aromatic heterocycles. The van der Waals surface area contributed by atoms with Crippen molar-refractivity contribution in [3.05, 3.63) is 29.0 Å². The molecule has 1 aromatic carbocycles. The molecule has 116 valence electrons. The van der Waals surface area contributed by atoms with Crippen molar-refractivity contribution in [2.24, 2.45) is 0 Å². The second kappa shape index (κ2) is 7.51.